The van der Waals surface area contributed by atoms with Gasteiger partial charge in [0.05, 0.1) is 6.54 Å². The standard InChI is InChI=1S/C20H30N8O/c1-21-19(26(3)16-17-6-4-11-25(17)2)24-10-7-18(29)27-12-14-28(15-13-27)20-22-8-5-9-23-20/h4-6,8-9,11H,7,10,12-16H2,1-3H3,(H,21,24). The van der Waals surface area contributed by atoms with E-state index in [1.165, 1.54) is 5.69 Å². The fourth-order valence-corrected chi connectivity index (χ4v) is 3.41. The number of amides is 1. The molecule has 3 heterocycles. The van der Waals surface area contributed by atoms with E-state index in [9.17, 15) is 4.79 Å². The average Bonchev–Trinajstić information content (AvgIpc) is 3.16. The number of rotatable bonds is 6. The minimum atomic E-state index is 0.159. The van der Waals surface area contributed by atoms with Crippen molar-refractivity contribution in [2.24, 2.45) is 12.0 Å². The van der Waals surface area contributed by atoms with Crippen LogP contribution >= 0.6 is 0 Å². The smallest absolute Gasteiger partial charge is 0.225 e. The normalized spacial score (nSPS) is 14.8. The molecule has 0 aliphatic carbocycles. The molecular formula is C20H30N8O. The Balaban J connectivity index is 1.40. The number of aromatic nitrogens is 3. The lowest BCUT2D eigenvalue weighted by atomic mass is 10.3. The third-order valence-corrected chi connectivity index (χ3v) is 5.11. The first-order valence-corrected chi connectivity index (χ1v) is 9.90. The van der Waals surface area contributed by atoms with Gasteiger partial charge >= 0.3 is 0 Å². The van der Waals surface area contributed by atoms with E-state index >= 15 is 0 Å². The highest BCUT2D eigenvalue weighted by molar-refractivity contribution is 5.81. The van der Waals surface area contributed by atoms with Crippen LogP contribution in [0.2, 0.25) is 0 Å². The molecule has 0 atom stereocenters. The van der Waals surface area contributed by atoms with Crippen LogP contribution in [0.3, 0.4) is 0 Å². The molecule has 1 N–H and O–H groups in total. The van der Waals surface area contributed by atoms with Gasteiger partial charge in [0.25, 0.3) is 0 Å². The van der Waals surface area contributed by atoms with Gasteiger partial charge in [0.15, 0.2) is 5.96 Å². The number of carbonyl (C=O) groups excluding carboxylic acids is 1. The maximum absolute atomic E-state index is 12.6. The van der Waals surface area contributed by atoms with Gasteiger partial charge < -0.3 is 24.6 Å². The molecule has 2 aromatic rings. The molecule has 0 saturated carbocycles. The maximum atomic E-state index is 12.6. The third-order valence-electron chi connectivity index (χ3n) is 5.11. The maximum Gasteiger partial charge on any atom is 0.225 e. The summed E-state index contributed by atoms with van der Waals surface area (Å²) in [6.07, 6.45) is 5.96. The molecule has 1 aliphatic rings. The van der Waals surface area contributed by atoms with Gasteiger partial charge in [-0.15, -0.1) is 0 Å². The quantitative estimate of drug-likeness (QED) is 0.566. The van der Waals surface area contributed by atoms with Crippen LogP contribution < -0.4 is 10.2 Å². The van der Waals surface area contributed by atoms with E-state index < -0.39 is 0 Å². The minimum Gasteiger partial charge on any atom is -0.356 e. The molecule has 0 bridgehead atoms. The van der Waals surface area contributed by atoms with Gasteiger partial charge in [0.1, 0.15) is 0 Å². The number of anilines is 1. The minimum absolute atomic E-state index is 0.159. The Kier molecular flexibility index (Phi) is 7.04. The fourth-order valence-electron chi connectivity index (χ4n) is 3.41. The summed E-state index contributed by atoms with van der Waals surface area (Å²) in [4.78, 5) is 31.5. The van der Waals surface area contributed by atoms with E-state index in [0.717, 1.165) is 31.5 Å². The number of piperazine rings is 1. The van der Waals surface area contributed by atoms with Crippen molar-refractivity contribution in [2.45, 2.75) is 13.0 Å². The molecule has 156 valence electrons. The largest absolute Gasteiger partial charge is 0.356 e. The highest BCUT2D eigenvalue weighted by atomic mass is 16.2. The van der Waals surface area contributed by atoms with Crippen LogP contribution in [-0.2, 0) is 18.4 Å². The summed E-state index contributed by atoms with van der Waals surface area (Å²) >= 11 is 0. The first kappa shape index (κ1) is 20.6. The topological polar surface area (TPSA) is 81.9 Å². The summed E-state index contributed by atoms with van der Waals surface area (Å²) in [6, 6.07) is 5.93. The van der Waals surface area contributed by atoms with E-state index in [-0.39, 0.29) is 5.91 Å². The zero-order valence-corrected chi connectivity index (χ0v) is 17.5. The lowest BCUT2D eigenvalue weighted by molar-refractivity contribution is -0.131. The van der Waals surface area contributed by atoms with Crippen LogP contribution in [0.15, 0.2) is 41.8 Å². The molecule has 0 aromatic carbocycles. The zero-order chi connectivity index (χ0) is 20.6. The Morgan fingerprint density at radius 3 is 2.55 bits per heavy atom. The first-order valence-electron chi connectivity index (χ1n) is 9.90. The summed E-state index contributed by atoms with van der Waals surface area (Å²) in [5.41, 5.74) is 1.20. The number of carbonyl (C=O) groups is 1. The Morgan fingerprint density at radius 1 is 1.21 bits per heavy atom. The Hall–Kier alpha value is -3.10. The second kappa shape index (κ2) is 9.90. The lowest BCUT2D eigenvalue weighted by Gasteiger charge is -2.34. The van der Waals surface area contributed by atoms with E-state index in [1.54, 1.807) is 25.5 Å². The summed E-state index contributed by atoms with van der Waals surface area (Å²) in [6.45, 7) is 4.21. The molecule has 1 amide bonds. The van der Waals surface area contributed by atoms with Crippen LogP contribution in [0.5, 0.6) is 0 Å². The van der Waals surface area contributed by atoms with E-state index in [4.69, 9.17) is 0 Å². The predicted octanol–water partition coefficient (Wildman–Crippen LogP) is 0.561. The second-order valence-electron chi connectivity index (χ2n) is 7.11. The molecule has 1 fully saturated rings. The lowest BCUT2D eigenvalue weighted by Crippen LogP contribution is -2.50. The number of hydrogen-bond donors (Lipinski definition) is 1. The SMILES string of the molecule is CN=C(NCCC(=O)N1CCN(c2ncccn2)CC1)N(C)Cc1cccn1C. The van der Waals surface area contributed by atoms with E-state index in [0.29, 0.717) is 26.1 Å². The highest BCUT2D eigenvalue weighted by Crippen LogP contribution is 2.10. The van der Waals surface area contributed by atoms with E-state index in [2.05, 4.69) is 40.7 Å². The Morgan fingerprint density at radius 2 is 1.93 bits per heavy atom. The molecule has 0 spiro atoms. The summed E-state index contributed by atoms with van der Waals surface area (Å²) in [7, 11) is 5.78. The Labute approximate surface area is 172 Å². The van der Waals surface area contributed by atoms with Crippen molar-refractivity contribution in [2.75, 3.05) is 51.7 Å². The number of nitrogens with one attached hydrogen (secondary N) is 1. The molecule has 0 unspecified atom stereocenters. The number of hydrogen-bond acceptors (Lipinski definition) is 5. The molecule has 3 rings (SSSR count). The Bertz CT molecular complexity index is 811. The van der Waals surface area contributed by atoms with Gasteiger partial charge in [-0.25, -0.2) is 9.97 Å². The molecule has 1 saturated heterocycles. The van der Waals surface area contributed by atoms with Crippen molar-refractivity contribution in [3.63, 3.8) is 0 Å². The zero-order valence-electron chi connectivity index (χ0n) is 17.5. The number of aliphatic imine (C=N–C) groups is 1. The van der Waals surface area contributed by atoms with Crippen LogP contribution in [0, 0.1) is 0 Å². The highest BCUT2D eigenvalue weighted by Gasteiger charge is 2.22. The van der Waals surface area contributed by atoms with Crippen molar-refractivity contribution >= 4 is 17.8 Å². The predicted molar refractivity (Wildman–Crippen MR) is 114 cm³/mol. The molecule has 1 aliphatic heterocycles. The third kappa shape index (κ3) is 5.46. The summed E-state index contributed by atoms with van der Waals surface area (Å²) in [5, 5.41) is 3.29. The van der Waals surface area contributed by atoms with Gasteiger partial charge in [-0.05, 0) is 18.2 Å². The second-order valence-corrected chi connectivity index (χ2v) is 7.11. The van der Waals surface area contributed by atoms with Crippen molar-refractivity contribution in [3.05, 3.63) is 42.5 Å². The van der Waals surface area contributed by atoms with Gasteiger partial charge in [0.2, 0.25) is 11.9 Å². The number of guanidine groups is 1. The van der Waals surface area contributed by atoms with Crippen LogP contribution in [-0.4, -0.2) is 83.0 Å². The molecule has 29 heavy (non-hydrogen) atoms. The van der Waals surface area contributed by atoms with Crippen LogP contribution in [0.25, 0.3) is 0 Å². The van der Waals surface area contributed by atoms with Gasteiger partial charge in [0, 0.05) is 84.6 Å². The fraction of sp³-hybridized carbons (Fsp3) is 0.500. The molecule has 9 nitrogen and oxygen atoms in total. The van der Waals surface area contributed by atoms with Crippen molar-refractivity contribution in [1.29, 1.82) is 0 Å². The van der Waals surface area contributed by atoms with E-state index in [1.807, 2.05) is 31.3 Å². The first-order chi connectivity index (χ1) is 14.1. The van der Waals surface area contributed by atoms with Crippen molar-refractivity contribution in [3.8, 4) is 0 Å². The monoisotopic (exact) mass is 398 g/mol. The van der Waals surface area contributed by atoms with Gasteiger partial charge in [-0.1, -0.05) is 0 Å². The molecule has 2 aromatic heterocycles. The number of aryl methyl sites for hydroxylation is 1. The average molecular weight is 399 g/mol. The van der Waals surface area contributed by atoms with Gasteiger partial charge in [-0.2, -0.15) is 0 Å². The molecule has 9 heteroatoms. The van der Waals surface area contributed by atoms with Crippen LogP contribution in [0.1, 0.15) is 12.1 Å². The van der Waals surface area contributed by atoms with Crippen molar-refractivity contribution in [1.82, 2.24) is 29.7 Å². The summed E-state index contributed by atoms with van der Waals surface area (Å²) in [5.74, 6) is 1.67. The van der Waals surface area contributed by atoms with Crippen molar-refractivity contribution < 1.29 is 4.79 Å². The molecule has 0 radical (unpaired) electrons. The van der Waals surface area contributed by atoms with Crippen LogP contribution in [0.4, 0.5) is 5.95 Å². The number of nitrogens with zero attached hydrogens (tertiary/aromatic N) is 7. The summed E-state index contributed by atoms with van der Waals surface area (Å²) < 4.78 is 2.09. The molecular weight excluding hydrogens is 368 g/mol. The van der Waals surface area contributed by atoms with Gasteiger partial charge in [-0.3, -0.25) is 9.79 Å².